The molecule has 30 heavy (non-hydrogen) atoms. The van der Waals surface area contributed by atoms with Gasteiger partial charge in [0.25, 0.3) is 31.6 Å². The molecule has 0 aliphatic rings. The monoisotopic (exact) mass is 470 g/mol. The van der Waals surface area contributed by atoms with E-state index in [0.29, 0.717) is 12.3 Å². The molecule has 0 saturated heterocycles. The highest BCUT2D eigenvalue weighted by molar-refractivity contribution is 7.86. The Kier molecular flexibility index (Phi) is 8.17. The molecule has 4 N–H and O–H groups in total. The third-order valence-corrected chi connectivity index (χ3v) is 4.88. The van der Waals surface area contributed by atoms with E-state index in [0.717, 1.165) is 6.07 Å². The van der Waals surface area contributed by atoms with E-state index in [2.05, 4.69) is 9.50 Å². The van der Waals surface area contributed by atoms with Crippen LogP contribution >= 0.6 is 0 Å². The van der Waals surface area contributed by atoms with Gasteiger partial charge in [-0.2, -0.15) is 16.8 Å². The molecule has 0 aliphatic heterocycles. The minimum atomic E-state index is -4.26. The van der Waals surface area contributed by atoms with Crippen LogP contribution in [0.5, 0.6) is 0 Å². The van der Waals surface area contributed by atoms with Crippen molar-refractivity contribution in [1.82, 2.24) is 0 Å². The van der Waals surface area contributed by atoms with Gasteiger partial charge in [0, 0.05) is 18.5 Å². The van der Waals surface area contributed by atoms with Crippen molar-refractivity contribution in [3.8, 4) is 0 Å². The normalized spacial score (nSPS) is 12.9. The van der Waals surface area contributed by atoms with Crippen LogP contribution in [0.25, 0.3) is 0 Å². The molecule has 1 aromatic rings. The summed E-state index contributed by atoms with van der Waals surface area (Å²) in [6, 6.07) is 1.53. The number of benzene rings is 1. The third kappa shape index (κ3) is 8.23. The molecular formula is C13H18N4O11S2. The Bertz CT molecular complexity index is 1050. The van der Waals surface area contributed by atoms with Crippen molar-refractivity contribution in [1.29, 1.82) is 0 Å². The number of nitrogens with one attached hydrogen (secondary N) is 1. The lowest BCUT2D eigenvalue weighted by molar-refractivity contribution is -0.394. The first-order valence-electron chi connectivity index (χ1n) is 7.93. The maximum atomic E-state index is 11.5. The van der Waals surface area contributed by atoms with Gasteiger partial charge in [0.15, 0.2) is 6.10 Å². The number of primary amides is 1. The van der Waals surface area contributed by atoms with E-state index >= 15 is 0 Å². The van der Waals surface area contributed by atoms with Crippen LogP contribution in [-0.4, -0.2) is 61.8 Å². The Labute approximate surface area is 170 Å². The smallest absolute Gasteiger partial charge is 0.299 e. The Morgan fingerprint density at radius 3 is 2.20 bits per heavy atom. The molecule has 1 rings (SSSR count). The number of rotatable bonds is 12. The van der Waals surface area contributed by atoms with E-state index in [1.807, 2.05) is 0 Å². The summed E-state index contributed by atoms with van der Waals surface area (Å²) in [6.07, 6.45) is -2.01. The highest BCUT2D eigenvalue weighted by Crippen LogP contribution is 2.33. The molecule has 1 atom stereocenters. The average Bonchev–Trinajstić information content (AvgIpc) is 2.55. The summed E-state index contributed by atoms with van der Waals surface area (Å²) in [7, 11) is -8.42. The SMILES string of the molecule is CS(=O)(=O)OC(Cc1cc(NCCCS(=O)(=O)O)c([N+](=O)[O-])cc1[N+](=O)[O-])C(N)=O. The van der Waals surface area contributed by atoms with Gasteiger partial charge >= 0.3 is 0 Å². The zero-order chi connectivity index (χ0) is 23.3. The van der Waals surface area contributed by atoms with Crippen LogP contribution in [0.3, 0.4) is 0 Å². The molecule has 1 unspecified atom stereocenters. The quantitative estimate of drug-likeness (QED) is 0.116. The number of hydrogen-bond acceptors (Lipinski definition) is 11. The van der Waals surface area contributed by atoms with Gasteiger partial charge in [-0.1, -0.05) is 0 Å². The van der Waals surface area contributed by atoms with Gasteiger partial charge in [0.05, 0.1) is 27.9 Å². The molecule has 0 aromatic heterocycles. The number of nitro benzene ring substituents is 2. The number of carbonyl (C=O) groups excluding carboxylic acids is 1. The average molecular weight is 470 g/mol. The fraction of sp³-hybridized carbons (Fsp3) is 0.462. The predicted molar refractivity (Wildman–Crippen MR) is 102 cm³/mol. The van der Waals surface area contributed by atoms with Gasteiger partial charge in [0.2, 0.25) is 5.91 Å². The van der Waals surface area contributed by atoms with Crippen LogP contribution in [0, 0.1) is 20.2 Å². The minimum Gasteiger partial charge on any atom is -0.379 e. The van der Waals surface area contributed by atoms with Gasteiger partial charge in [-0.15, -0.1) is 0 Å². The molecule has 1 aromatic carbocycles. The summed E-state index contributed by atoms with van der Waals surface area (Å²) < 4.78 is 57.2. The van der Waals surface area contributed by atoms with Crippen molar-refractivity contribution in [2.24, 2.45) is 5.73 Å². The third-order valence-electron chi connectivity index (χ3n) is 3.50. The molecule has 0 fully saturated rings. The van der Waals surface area contributed by atoms with Gasteiger partial charge < -0.3 is 11.1 Å². The molecule has 0 aliphatic carbocycles. The minimum absolute atomic E-state index is 0.149. The van der Waals surface area contributed by atoms with E-state index in [-0.39, 0.29) is 24.2 Å². The number of nitrogens with zero attached hydrogens (tertiary/aromatic N) is 2. The summed E-state index contributed by atoms with van der Waals surface area (Å²) >= 11 is 0. The Balaban J connectivity index is 3.33. The maximum absolute atomic E-state index is 11.5. The van der Waals surface area contributed by atoms with Gasteiger partial charge in [-0.25, -0.2) is 0 Å². The van der Waals surface area contributed by atoms with Gasteiger partial charge in [-0.3, -0.25) is 33.8 Å². The second kappa shape index (κ2) is 9.74. The molecule has 0 spiro atoms. The first-order chi connectivity index (χ1) is 13.6. The molecule has 168 valence electrons. The van der Waals surface area contributed by atoms with Crippen molar-refractivity contribution in [3.05, 3.63) is 37.9 Å². The first kappa shape index (κ1) is 25.1. The van der Waals surface area contributed by atoms with Gasteiger partial charge in [0.1, 0.15) is 5.69 Å². The molecule has 17 heteroatoms. The zero-order valence-corrected chi connectivity index (χ0v) is 17.0. The lowest BCUT2D eigenvalue weighted by Crippen LogP contribution is -2.35. The fourth-order valence-electron chi connectivity index (χ4n) is 2.32. The topological polar surface area (TPSA) is 239 Å². The van der Waals surface area contributed by atoms with Gasteiger partial charge in [-0.05, 0) is 12.5 Å². The summed E-state index contributed by atoms with van der Waals surface area (Å²) in [5.74, 6) is -1.88. The number of hydrogen-bond donors (Lipinski definition) is 3. The Morgan fingerprint density at radius 2 is 1.77 bits per heavy atom. The molecule has 1 amide bonds. The highest BCUT2D eigenvalue weighted by atomic mass is 32.2. The maximum Gasteiger partial charge on any atom is 0.299 e. The van der Waals surface area contributed by atoms with Crippen LogP contribution < -0.4 is 11.1 Å². The Morgan fingerprint density at radius 1 is 1.20 bits per heavy atom. The molecule has 0 saturated carbocycles. The van der Waals surface area contributed by atoms with Crippen molar-refractivity contribution in [2.75, 3.05) is 23.9 Å². The summed E-state index contributed by atoms with van der Waals surface area (Å²) in [6.45, 7) is -0.170. The lowest BCUT2D eigenvalue weighted by Gasteiger charge is -2.14. The molecule has 15 nitrogen and oxygen atoms in total. The highest BCUT2D eigenvalue weighted by Gasteiger charge is 2.29. The van der Waals surface area contributed by atoms with Crippen LogP contribution in [0.4, 0.5) is 17.1 Å². The van der Waals surface area contributed by atoms with Crippen LogP contribution in [-0.2, 0) is 35.6 Å². The molecule has 0 bridgehead atoms. The Hall–Kier alpha value is -2.89. The fourth-order valence-corrected chi connectivity index (χ4v) is 3.41. The van der Waals surface area contributed by atoms with Crippen LogP contribution in [0.15, 0.2) is 12.1 Å². The zero-order valence-electron chi connectivity index (χ0n) is 15.4. The molecular weight excluding hydrogens is 452 g/mol. The summed E-state index contributed by atoms with van der Waals surface area (Å²) in [5.41, 5.74) is 3.00. The standard InChI is InChI=1S/C13H18N4O11S2/c1-29(23,24)28-12(13(14)18)6-8-5-9(15-3-2-4-30(25,26)27)11(17(21)22)7-10(8)16(19)20/h5,7,12,15H,2-4,6H2,1H3,(H2,14,18)(H,25,26,27). The van der Waals surface area contributed by atoms with E-state index < -0.39 is 65.6 Å². The van der Waals surface area contributed by atoms with E-state index in [1.54, 1.807) is 0 Å². The summed E-state index contributed by atoms with van der Waals surface area (Å²) in [4.78, 5) is 32.1. The van der Waals surface area contributed by atoms with E-state index in [9.17, 15) is 41.9 Å². The predicted octanol–water partition coefficient (Wildman–Crippen LogP) is -0.435. The molecule has 0 radical (unpaired) electrons. The number of anilines is 1. The van der Waals surface area contributed by atoms with Crippen molar-refractivity contribution >= 4 is 43.2 Å². The van der Waals surface area contributed by atoms with Crippen molar-refractivity contribution < 1.29 is 40.2 Å². The molecule has 0 heterocycles. The van der Waals surface area contributed by atoms with Crippen molar-refractivity contribution in [3.63, 3.8) is 0 Å². The van der Waals surface area contributed by atoms with E-state index in [1.165, 1.54) is 0 Å². The largest absolute Gasteiger partial charge is 0.379 e. The number of nitrogens with two attached hydrogens (primary N) is 1. The van der Waals surface area contributed by atoms with E-state index in [4.69, 9.17) is 10.3 Å². The van der Waals surface area contributed by atoms with Crippen LogP contribution in [0.2, 0.25) is 0 Å². The number of amides is 1. The van der Waals surface area contributed by atoms with Crippen LogP contribution in [0.1, 0.15) is 12.0 Å². The second-order valence-electron chi connectivity index (χ2n) is 5.97. The number of nitro groups is 2. The number of carbonyl (C=O) groups is 1. The summed E-state index contributed by atoms with van der Waals surface area (Å²) in [5, 5.41) is 25.1. The second-order valence-corrected chi connectivity index (χ2v) is 9.15. The lowest BCUT2D eigenvalue weighted by atomic mass is 10.0. The van der Waals surface area contributed by atoms with Crippen molar-refractivity contribution in [2.45, 2.75) is 18.9 Å². The first-order valence-corrected chi connectivity index (χ1v) is 11.4.